The van der Waals surface area contributed by atoms with Crippen molar-refractivity contribution in [2.24, 2.45) is 0 Å². The van der Waals surface area contributed by atoms with E-state index < -0.39 is 0 Å². The number of amides is 1. The van der Waals surface area contributed by atoms with Gasteiger partial charge in [-0.15, -0.1) is 0 Å². The summed E-state index contributed by atoms with van der Waals surface area (Å²) in [6.07, 6.45) is 0.385. The van der Waals surface area contributed by atoms with Gasteiger partial charge in [0.2, 0.25) is 5.91 Å². The molecule has 0 bridgehead atoms. The average Bonchev–Trinajstić information content (AvgIpc) is 2.39. The summed E-state index contributed by atoms with van der Waals surface area (Å²) in [6.45, 7) is 0.500. The monoisotopic (exact) mass is 318 g/mol. The highest BCUT2D eigenvalue weighted by atomic mass is 79.9. The maximum Gasteiger partial charge on any atom is 0.224 e. The zero-order chi connectivity index (χ0) is 13.7. The molecule has 1 amide bonds. The van der Waals surface area contributed by atoms with Gasteiger partial charge in [0.25, 0.3) is 0 Å². The smallest absolute Gasteiger partial charge is 0.224 e. The average molecular weight is 319 g/mol. The summed E-state index contributed by atoms with van der Waals surface area (Å²) in [5.74, 6) is 0.00440. The van der Waals surface area contributed by atoms with Gasteiger partial charge in [0.05, 0.1) is 6.42 Å². The summed E-state index contributed by atoms with van der Waals surface area (Å²) in [4.78, 5) is 11.8. The summed E-state index contributed by atoms with van der Waals surface area (Å²) in [6, 6.07) is 15.2. The number of hydrogen-bond donors (Lipinski definition) is 2. The van der Waals surface area contributed by atoms with Crippen molar-refractivity contribution in [3.05, 3.63) is 64.1 Å². The first-order valence-electron chi connectivity index (χ1n) is 5.99. The van der Waals surface area contributed by atoms with Crippen LogP contribution >= 0.6 is 15.9 Å². The van der Waals surface area contributed by atoms with Crippen molar-refractivity contribution in [2.75, 3.05) is 5.73 Å². The van der Waals surface area contributed by atoms with Crippen molar-refractivity contribution in [1.29, 1.82) is 0 Å². The zero-order valence-electron chi connectivity index (χ0n) is 10.4. The maximum atomic E-state index is 11.8. The molecule has 0 unspecified atom stereocenters. The molecule has 4 heteroatoms. The predicted molar refractivity (Wildman–Crippen MR) is 80.5 cm³/mol. The van der Waals surface area contributed by atoms with Gasteiger partial charge in [0.1, 0.15) is 0 Å². The van der Waals surface area contributed by atoms with Crippen molar-refractivity contribution in [3.8, 4) is 0 Å². The second-order valence-corrected chi connectivity index (χ2v) is 5.24. The van der Waals surface area contributed by atoms with Crippen LogP contribution in [-0.2, 0) is 17.8 Å². The van der Waals surface area contributed by atoms with Crippen LogP contribution in [0.4, 0.5) is 5.69 Å². The number of nitrogens with one attached hydrogen (secondary N) is 1. The second kappa shape index (κ2) is 6.38. The minimum atomic E-state index is 0.00440. The van der Waals surface area contributed by atoms with E-state index in [1.165, 1.54) is 0 Å². The van der Waals surface area contributed by atoms with E-state index in [0.717, 1.165) is 15.6 Å². The maximum absolute atomic E-state index is 11.8. The number of halogens is 1. The summed E-state index contributed by atoms with van der Waals surface area (Å²) >= 11 is 3.37. The van der Waals surface area contributed by atoms with E-state index in [1.807, 2.05) is 48.5 Å². The predicted octanol–water partition coefficient (Wildman–Crippen LogP) is 2.89. The number of nitrogens with two attached hydrogens (primary N) is 1. The Morgan fingerprint density at radius 3 is 2.53 bits per heavy atom. The normalized spacial score (nSPS) is 10.2. The SMILES string of the molecule is Nc1cccc(CNC(=O)Cc2ccc(Br)cc2)c1. The third-order valence-corrected chi connectivity index (χ3v) is 3.25. The number of carbonyl (C=O) groups is 1. The molecule has 3 N–H and O–H groups in total. The number of hydrogen-bond acceptors (Lipinski definition) is 2. The molecule has 2 aromatic carbocycles. The van der Waals surface area contributed by atoms with E-state index in [1.54, 1.807) is 0 Å². The molecule has 0 radical (unpaired) electrons. The fraction of sp³-hybridized carbons (Fsp3) is 0.133. The van der Waals surface area contributed by atoms with E-state index in [2.05, 4.69) is 21.2 Å². The molecule has 0 spiro atoms. The Morgan fingerprint density at radius 2 is 1.84 bits per heavy atom. The molecule has 0 aromatic heterocycles. The largest absolute Gasteiger partial charge is 0.399 e. The lowest BCUT2D eigenvalue weighted by Gasteiger charge is -2.06. The lowest BCUT2D eigenvalue weighted by atomic mass is 10.1. The van der Waals surface area contributed by atoms with Crippen molar-refractivity contribution in [3.63, 3.8) is 0 Å². The molecule has 0 saturated carbocycles. The van der Waals surface area contributed by atoms with Gasteiger partial charge in [-0.1, -0.05) is 40.2 Å². The van der Waals surface area contributed by atoms with Crippen molar-refractivity contribution < 1.29 is 4.79 Å². The molecule has 0 aliphatic heterocycles. The van der Waals surface area contributed by atoms with Gasteiger partial charge in [-0.2, -0.15) is 0 Å². The molecule has 98 valence electrons. The standard InChI is InChI=1S/C15H15BrN2O/c16-13-6-4-11(5-7-13)9-15(19)18-10-12-2-1-3-14(17)8-12/h1-8H,9-10,17H2,(H,18,19). The molecule has 0 heterocycles. The third-order valence-electron chi connectivity index (χ3n) is 2.72. The van der Waals surface area contributed by atoms with Crippen LogP contribution < -0.4 is 11.1 Å². The van der Waals surface area contributed by atoms with Crippen LogP contribution in [0.1, 0.15) is 11.1 Å². The molecule has 0 fully saturated rings. The first-order valence-corrected chi connectivity index (χ1v) is 6.78. The Bertz CT molecular complexity index is 567. The quantitative estimate of drug-likeness (QED) is 0.852. The minimum absolute atomic E-state index is 0.00440. The van der Waals surface area contributed by atoms with Gasteiger partial charge < -0.3 is 11.1 Å². The molecular weight excluding hydrogens is 304 g/mol. The highest BCUT2D eigenvalue weighted by Crippen LogP contribution is 2.11. The van der Waals surface area contributed by atoms with E-state index in [4.69, 9.17) is 5.73 Å². The van der Waals surface area contributed by atoms with Crippen LogP contribution in [0.5, 0.6) is 0 Å². The molecule has 0 aliphatic rings. The summed E-state index contributed by atoms with van der Waals surface area (Å²) < 4.78 is 1.01. The number of carbonyl (C=O) groups excluding carboxylic acids is 1. The molecule has 3 nitrogen and oxygen atoms in total. The van der Waals surface area contributed by atoms with Crippen molar-refractivity contribution >= 4 is 27.5 Å². The Morgan fingerprint density at radius 1 is 1.11 bits per heavy atom. The van der Waals surface area contributed by atoms with Crippen molar-refractivity contribution in [1.82, 2.24) is 5.32 Å². The fourth-order valence-corrected chi connectivity index (χ4v) is 2.02. The van der Waals surface area contributed by atoms with Crippen LogP contribution in [0, 0.1) is 0 Å². The van der Waals surface area contributed by atoms with E-state index in [9.17, 15) is 4.79 Å². The van der Waals surface area contributed by atoms with E-state index >= 15 is 0 Å². The topological polar surface area (TPSA) is 55.1 Å². The fourth-order valence-electron chi connectivity index (χ4n) is 1.75. The van der Waals surface area contributed by atoms with Gasteiger partial charge >= 0.3 is 0 Å². The Labute approximate surface area is 121 Å². The minimum Gasteiger partial charge on any atom is -0.399 e. The molecule has 19 heavy (non-hydrogen) atoms. The van der Waals surface area contributed by atoms with Crippen LogP contribution in [-0.4, -0.2) is 5.91 Å². The van der Waals surface area contributed by atoms with Gasteiger partial charge in [0.15, 0.2) is 0 Å². The van der Waals surface area contributed by atoms with Crippen LogP contribution in [0.15, 0.2) is 53.0 Å². The molecule has 2 rings (SSSR count). The Kier molecular flexibility index (Phi) is 4.58. The first kappa shape index (κ1) is 13.6. The molecular formula is C15H15BrN2O. The summed E-state index contributed by atoms with van der Waals surface area (Å²) in [7, 11) is 0. The Hall–Kier alpha value is -1.81. The van der Waals surface area contributed by atoms with Crippen molar-refractivity contribution in [2.45, 2.75) is 13.0 Å². The van der Waals surface area contributed by atoms with Crippen LogP contribution in [0.25, 0.3) is 0 Å². The third kappa shape index (κ3) is 4.41. The molecule has 2 aromatic rings. The van der Waals surface area contributed by atoms with Gasteiger partial charge in [0, 0.05) is 16.7 Å². The first-order chi connectivity index (χ1) is 9.13. The summed E-state index contributed by atoms with van der Waals surface area (Å²) in [5, 5.41) is 2.88. The lowest BCUT2D eigenvalue weighted by molar-refractivity contribution is -0.120. The molecule has 0 aliphatic carbocycles. The van der Waals surface area contributed by atoms with Crippen LogP contribution in [0.3, 0.4) is 0 Å². The van der Waals surface area contributed by atoms with Crippen LogP contribution in [0.2, 0.25) is 0 Å². The Balaban J connectivity index is 1.86. The van der Waals surface area contributed by atoms with E-state index in [0.29, 0.717) is 18.7 Å². The van der Waals surface area contributed by atoms with Gasteiger partial charge in [-0.05, 0) is 35.4 Å². The second-order valence-electron chi connectivity index (χ2n) is 4.33. The number of benzene rings is 2. The van der Waals surface area contributed by atoms with Gasteiger partial charge in [-0.3, -0.25) is 4.79 Å². The van der Waals surface area contributed by atoms with Gasteiger partial charge in [-0.25, -0.2) is 0 Å². The number of nitrogen functional groups attached to an aromatic ring is 1. The zero-order valence-corrected chi connectivity index (χ0v) is 12.0. The van der Waals surface area contributed by atoms with E-state index in [-0.39, 0.29) is 5.91 Å². The lowest BCUT2D eigenvalue weighted by Crippen LogP contribution is -2.24. The number of anilines is 1. The molecule has 0 saturated heterocycles. The molecule has 0 atom stereocenters. The highest BCUT2D eigenvalue weighted by molar-refractivity contribution is 9.10. The highest BCUT2D eigenvalue weighted by Gasteiger charge is 2.03. The number of rotatable bonds is 4. The summed E-state index contributed by atoms with van der Waals surface area (Å²) in [5.41, 5.74) is 8.39.